The molecule has 0 radical (unpaired) electrons. The number of fused-ring (bicyclic) bond motifs is 1. The molecule has 7 nitrogen and oxygen atoms in total. The summed E-state index contributed by atoms with van der Waals surface area (Å²) < 4.78 is 8.55. The lowest BCUT2D eigenvalue weighted by Gasteiger charge is -2.33. The maximum absolute atomic E-state index is 9.88. The fourth-order valence-corrected chi connectivity index (χ4v) is 6.91. The zero-order valence-electron chi connectivity index (χ0n) is 25.0. The van der Waals surface area contributed by atoms with E-state index in [1.54, 1.807) is 0 Å². The van der Waals surface area contributed by atoms with Crippen LogP contribution >= 0.6 is 0 Å². The first-order valence-corrected chi connectivity index (χ1v) is 15.9. The van der Waals surface area contributed by atoms with E-state index in [-0.39, 0.29) is 6.10 Å². The number of hydrogen-bond acceptors (Lipinski definition) is 6. The Balaban J connectivity index is 1.47. The molecule has 0 bridgehead atoms. The highest BCUT2D eigenvalue weighted by Gasteiger charge is 2.26. The van der Waals surface area contributed by atoms with Gasteiger partial charge in [0.15, 0.2) is 0 Å². The molecule has 1 aromatic carbocycles. The van der Waals surface area contributed by atoms with E-state index in [9.17, 15) is 10.4 Å². The van der Waals surface area contributed by atoms with Crippen molar-refractivity contribution in [3.8, 4) is 23.3 Å². The predicted octanol–water partition coefficient (Wildman–Crippen LogP) is 6.98. The molecule has 220 valence electrons. The van der Waals surface area contributed by atoms with Gasteiger partial charge in [0.2, 0.25) is 0 Å². The minimum Gasteiger partial charge on any atom is -0.464 e. The Labute approximate surface area is 245 Å². The van der Waals surface area contributed by atoms with Gasteiger partial charge in [-0.3, -0.25) is 4.40 Å². The summed E-state index contributed by atoms with van der Waals surface area (Å²) in [6.07, 6.45) is 17.0. The number of rotatable bonds is 7. The van der Waals surface area contributed by atoms with Crippen LogP contribution in [0.15, 0.2) is 36.7 Å². The van der Waals surface area contributed by atoms with E-state index in [0.29, 0.717) is 36.6 Å². The molecule has 1 N–H and O–H groups in total. The number of ether oxygens (including phenoxy) is 1. The molecule has 2 aliphatic rings. The number of hydrogen-bond donors (Lipinski definition) is 1. The third-order valence-electron chi connectivity index (χ3n) is 9.07. The Morgan fingerprint density at radius 1 is 1.02 bits per heavy atom. The van der Waals surface area contributed by atoms with E-state index in [0.717, 1.165) is 61.6 Å². The van der Waals surface area contributed by atoms with E-state index < -0.39 is 0 Å². The number of benzene rings is 1. The van der Waals surface area contributed by atoms with Gasteiger partial charge >= 0.3 is 6.01 Å². The van der Waals surface area contributed by atoms with Gasteiger partial charge in [0, 0.05) is 42.5 Å². The van der Waals surface area contributed by atoms with Crippen LogP contribution in [0.25, 0.3) is 16.9 Å². The fourth-order valence-electron chi connectivity index (χ4n) is 6.91. The number of β-amino-alcohol motifs (C(OH)–C–C–N with tert-alkyl or cyclic N) is 1. The summed E-state index contributed by atoms with van der Waals surface area (Å²) in [6.45, 7) is 7.52. The number of nitriles is 1. The highest BCUT2D eigenvalue weighted by Crippen LogP contribution is 2.39. The molecular formula is C34H47N5O2. The van der Waals surface area contributed by atoms with Crippen molar-refractivity contribution in [1.29, 1.82) is 5.26 Å². The van der Waals surface area contributed by atoms with Crippen LogP contribution in [0.3, 0.4) is 0 Å². The molecule has 0 spiro atoms. The second-order valence-corrected chi connectivity index (χ2v) is 12.6. The summed E-state index contributed by atoms with van der Waals surface area (Å²) in [4.78, 5) is 12.5. The van der Waals surface area contributed by atoms with Crippen molar-refractivity contribution < 1.29 is 9.84 Å². The molecule has 2 fully saturated rings. The Morgan fingerprint density at radius 2 is 1.76 bits per heavy atom. The molecule has 2 aromatic heterocycles. The smallest absolute Gasteiger partial charge is 0.302 e. The molecule has 5 rings (SSSR count). The minimum absolute atomic E-state index is 0.320. The second-order valence-electron chi connectivity index (χ2n) is 12.6. The second kappa shape index (κ2) is 14.3. The monoisotopic (exact) mass is 557 g/mol. The molecule has 3 aromatic rings. The number of aliphatic hydroxyl groups excluding tert-OH is 1. The van der Waals surface area contributed by atoms with E-state index in [4.69, 9.17) is 14.7 Å². The Morgan fingerprint density at radius 3 is 2.51 bits per heavy atom. The summed E-state index contributed by atoms with van der Waals surface area (Å²) in [7, 11) is 0. The summed E-state index contributed by atoms with van der Waals surface area (Å²) >= 11 is 0. The van der Waals surface area contributed by atoms with Crippen LogP contribution in [-0.4, -0.2) is 56.7 Å². The zero-order valence-corrected chi connectivity index (χ0v) is 25.0. The molecule has 1 aliphatic carbocycles. The summed E-state index contributed by atoms with van der Waals surface area (Å²) in [6, 6.07) is 10.6. The van der Waals surface area contributed by atoms with Gasteiger partial charge in [-0.25, -0.2) is 4.98 Å². The highest BCUT2D eigenvalue weighted by atomic mass is 16.5. The third-order valence-corrected chi connectivity index (χ3v) is 9.07. The number of piperidine rings is 1. The summed E-state index contributed by atoms with van der Waals surface area (Å²) in [5.41, 5.74) is 4.77. The average Bonchev–Trinajstić information content (AvgIpc) is 3.45. The SMILES string of the molecule is CC1CCCCCC(c2c(-c3ccc(C#N)cc3)nc(OCC3CCCN(C[C@@H](C)O)C3)n3ccnc23)CCCC1. The van der Waals surface area contributed by atoms with Crippen LogP contribution in [0.1, 0.15) is 102 Å². The average molecular weight is 558 g/mol. The topological polar surface area (TPSA) is 86.7 Å². The fraction of sp³-hybridized carbons (Fsp3) is 0.618. The molecule has 1 saturated carbocycles. The molecular weight excluding hydrogens is 510 g/mol. The van der Waals surface area contributed by atoms with E-state index >= 15 is 0 Å². The quantitative estimate of drug-likeness (QED) is 0.337. The summed E-state index contributed by atoms with van der Waals surface area (Å²) in [5.74, 6) is 1.60. The molecule has 4 atom stereocenters. The molecule has 3 unspecified atom stereocenters. The highest BCUT2D eigenvalue weighted by molar-refractivity contribution is 5.72. The van der Waals surface area contributed by atoms with Crippen LogP contribution in [0.4, 0.5) is 0 Å². The van der Waals surface area contributed by atoms with Gasteiger partial charge in [-0.05, 0) is 63.1 Å². The Bertz CT molecular complexity index is 1290. The third kappa shape index (κ3) is 7.67. The van der Waals surface area contributed by atoms with Gasteiger partial charge in [0.1, 0.15) is 5.65 Å². The van der Waals surface area contributed by atoms with Gasteiger partial charge in [-0.2, -0.15) is 10.2 Å². The lowest BCUT2D eigenvalue weighted by atomic mass is 9.86. The van der Waals surface area contributed by atoms with Gasteiger partial charge in [-0.1, -0.05) is 64.0 Å². The molecule has 41 heavy (non-hydrogen) atoms. The van der Waals surface area contributed by atoms with Crippen molar-refractivity contribution >= 4 is 5.65 Å². The maximum Gasteiger partial charge on any atom is 0.302 e. The van der Waals surface area contributed by atoms with Gasteiger partial charge in [0.25, 0.3) is 0 Å². The number of nitrogens with zero attached hydrogens (tertiary/aromatic N) is 5. The lowest BCUT2D eigenvalue weighted by molar-refractivity contribution is 0.0778. The molecule has 1 aliphatic heterocycles. The number of likely N-dealkylation sites (tertiary alicyclic amines) is 1. The van der Waals surface area contributed by atoms with Crippen molar-refractivity contribution in [1.82, 2.24) is 19.3 Å². The van der Waals surface area contributed by atoms with Crippen molar-refractivity contribution in [2.75, 3.05) is 26.2 Å². The first kappa shape index (κ1) is 29.5. The Kier molecular flexibility index (Phi) is 10.3. The van der Waals surface area contributed by atoms with Crippen molar-refractivity contribution in [2.45, 2.75) is 96.5 Å². The normalized spacial score (nSPS) is 23.9. The van der Waals surface area contributed by atoms with Crippen molar-refractivity contribution in [2.24, 2.45) is 11.8 Å². The number of aliphatic hydroxyl groups is 1. The largest absolute Gasteiger partial charge is 0.464 e. The first-order chi connectivity index (χ1) is 20.0. The number of imidazole rings is 1. The van der Waals surface area contributed by atoms with Crippen LogP contribution in [-0.2, 0) is 0 Å². The predicted molar refractivity (Wildman–Crippen MR) is 163 cm³/mol. The van der Waals surface area contributed by atoms with Crippen LogP contribution in [0.2, 0.25) is 0 Å². The van der Waals surface area contributed by atoms with E-state index in [2.05, 4.69) is 17.9 Å². The zero-order chi connectivity index (χ0) is 28.6. The standard InChI is InChI=1S/C34H47N5O2/c1-25-9-4-3-5-12-29(13-7-6-10-25)31-32(30-16-14-27(21-35)15-17-30)37-34(39-20-18-36-33(31)39)41-24-28-11-8-19-38(23-28)22-26(2)40/h14-18,20,25-26,28-29,40H,3-13,19,22-24H2,1-2H3/t25?,26-,28?,29?/m1/s1. The van der Waals surface area contributed by atoms with Gasteiger partial charge in [-0.15, -0.1) is 0 Å². The van der Waals surface area contributed by atoms with Gasteiger partial charge in [0.05, 0.1) is 30.0 Å². The first-order valence-electron chi connectivity index (χ1n) is 15.9. The van der Waals surface area contributed by atoms with Crippen molar-refractivity contribution in [3.63, 3.8) is 0 Å². The van der Waals surface area contributed by atoms with Gasteiger partial charge < -0.3 is 14.7 Å². The lowest BCUT2D eigenvalue weighted by Crippen LogP contribution is -2.41. The minimum atomic E-state index is -0.320. The maximum atomic E-state index is 9.88. The van der Waals surface area contributed by atoms with Crippen LogP contribution in [0.5, 0.6) is 6.01 Å². The molecule has 0 amide bonds. The van der Waals surface area contributed by atoms with Crippen LogP contribution < -0.4 is 4.74 Å². The van der Waals surface area contributed by atoms with E-state index in [1.807, 2.05) is 48.0 Å². The Hall–Kier alpha value is -2.95. The van der Waals surface area contributed by atoms with Crippen molar-refractivity contribution in [3.05, 3.63) is 47.8 Å². The van der Waals surface area contributed by atoms with Crippen LogP contribution in [0, 0.1) is 23.2 Å². The molecule has 7 heteroatoms. The molecule has 3 heterocycles. The molecule has 1 saturated heterocycles. The van der Waals surface area contributed by atoms with E-state index in [1.165, 1.54) is 50.5 Å². The summed E-state index contributed by atoms with van der Waals surface area (Å²) in [5, 5.41) is 19.3. The number of aromatic nitrogens is 3.